The first-order valence-corrected chi connectivity index (χ1v) is 6.09. The maximum Gasteiger partial charge on any atom is 0.329 e. The number of hydrogen-bond acceptors (Lipinski definition) is 4. The van der Waals surface area contributed by atoms with Gasteiger partial charge in [0.1, 0.15) is 11.3 Å². The van der Waals surface area contributed by atoms with Gasteiger partial charge in [-0.15, -0.1) is 0 Å². The van der Waals surface area contributed by atoms with Crippen molar-refractivity contribution in [3.05, 3.63) is 32.7 Å². The van der Waals surface area contributed by atoms with Crippen LogP contribution in [0.15, 0.2) is 15.7 Å². The molecule has 0 saturated carbocycles. The molecule has 2 heterocycles. The summed E-state index contributed by atoms with van der Waals surface area (Å²) < 4.78 is 1.27. The van der Waals surface area contributed by atoms with Gasteiger partial charge >= 0.3 is 5.69 Å². The molecular weight excluding hydrogens is 262 g/mol. The number of aromatic amines is 2. The molecule has 8 nitrogen and oxygen atoms in total. The molecule has 0 aliphatic carbocycles. The predicted molar refractivity (Wildman–Crippen MR) is 74.3 cm³/mol. The number of aromatic nitrogens is 4. The van der Waals surface area contributed by atoms with Crippen molar-refractivity contribution in [1.29, 1.82) is 0 Å². The third-order valence-electron chi connectivity index (χ3n) is 2.73. The van der Waals surface area contributed by atoms with E-state index in [0.29, 0.717) is 24.4 Å². The Morgan fingerprint density at radius 3 is 2.85 bits per heavy atom. The monoisotopic (exact) mass is 277 g/mol. The van der Waals surface area contributed by atoms with Crippen LogP contribution in [-0.2, 0) is 11.8 Å². The number of hydrogen-bond donors (Lipinski definition) is 3. The minimum atomic E-state index is -0.504. The van der Waals surface area contributed by atoms with Crippen molar-refractivity contribution in [3.8, 4) is 0 Å². The van der Waals surface area contributed by atoms with Crippen molar-refractivity contribution in [2.45, 2.75) is 13.3 Å². The molecule has 8 heteroatoms. The number of carbonyl (C=O) groups is 1. The summed E-state index contributed by atoms with van der Waals surface area (Å²) in [6.07, 6.45) is 4.16. The lowest BCUT2D eigenvalue weighted by Gasteiger charge is -1.95. The first-order valence-electron chi connectivity index (χ1n) is 6.09. The zero-order chi connectivity index (χ0) is 14.7. The summed E-state index contributed by atoms with van der Waals surface area (Å²) in [7, 11) is 1.53. The molecule has 0 bridgehead atoms. The molecule has 0 spiro atoms. The van der Waals surface area contributed by atoms with Gasteiger partial charge in [0.25, 0.3) is 5.56 Å². The van der Waals surface area contributed by atoms with Gasteiger partial charge in [-0.05, 0) is 12.5 Å². The molecule has 3 N–H and O–H groups in total. The van der Waals surface area contributed by atoms with Crippen molar-refractivity contribution in [1.82, 2.24) is 24.8 Å². The second kappa shape index (κ2) is 5.55. The normalized spacial score (nSPS) is 11.3. The van der Waals surface area contributed by atoms with Crippen LogP contribution in [0, 0.1) is 0 Å². The minimum Gasteiger partial charge on any atom is -0.356 e. The van der Waals surface area contributed by atoms with E-state index in [1.807, 2.05) is 6.08 Å². The Labute approximate surface area is 113 Å². The second-order valence-corrected chi connectivity index (χ2v) is 4.31. The number of nitrogens with zero attached hydrogens (tertiary/aromatic N) is 2. The number of rotatable bonds is 4. The van der Waals surface area contributed by atoms with Gasteiger partial charge in [0.05, 0.1) is 0 Å². The highest BCUT2D eigenvalue weighted by molar-refractivity contribution is 5.73. The van der Waals surface area contributed by atoms with E-state index in [4.69, 9.17) is 0 Å². The fraction of sp³-hybridized carbons (Fsp3) is 0.333. The summed E-state index contributed by atoms with van der Waals surface area (Å²) in [6.45, 7) is 1.99. The van der Waals surface area contributed by atoms with Crippen molar-refractivity contribution < 1.29 is 4.79 Å². The van der Waals surface area contributed by atoms with Gasteiger partial charge in [-0.1, -0.05) is 6.08 Å². The lowest BCUT2D eigenvalue weighted by Crippen LogP contribution is -2.28. The molecule has 0 aliphatic rings. The Hall–Kier alpha value is -2.64. The summed E-state index contributed by atoms with van der Waals surface area (Å²) in [5.74, 6) is 0.401. The molecule has 0 fully saturated rings. The first-order chi connectivity index (χ1) is 9.49. The van der Waals surface area contributed by atoms with Crippen LogP contribution in [0.5, 0.6) is 0 Å². The summed E-state index contributed by atoms with van der Waals surface area (Å²) in [5.41, 5.74) is -0.433. The molecule has 0 radical (unpaired) electrons. The zero-order valence-corrected chi connectivity index (χ0v) is 11.2. The first kappa shape index (κ1) is 13.8. The Bertz CT molecular complexity index is 780. The summed E-state index contributed by atoms with van der Waals surface area (Å²) >= 11 is 0. The molecule has 0 aromatic carbocycles. The molecule has 1 amide bonds. The van der Waals surface area contributed by atoms with Crippen molar-refractivity contribution in [3.63, 3.8) is 0 Å². The summed E-state index contributed by atoms with van der Waals surface area (Å²) in [4.78, 5) is 42.9. The second-order valence-electron chi connectivity index (χ2n) is 4.31. The van der Waals surface area contributed by atoms with E-state index in [2.05, 4.69) is 20.3 Å². The van der Waals surface area contributed by atoms with Crippen LogP contribution in [0.1, 0.15) is 19.2 Å². The van der Waals surface area contributed by atoms with E-state index >= 15 is 0 Å². The molecule has 2 aromatic heterocycles. The lowest BCUT2D eigenvalue weighted by molar-refractivity contribution is -0.118. The number of fused-ring (bicyclic) bond motifs is 1. The third kappa shape index (κ3) is 2.85. The van der Waals surface area contributed by atoms with Crippen molar-refractivity contribution in [2.75, 3.05) is 6.54 Å². The smallest absolute Gasteiger partial charge is 0.329 e. The van der Waals surface area contributed by atoms with Gasteiger partial charge in [-0.25, -0.2) is 9.78 Å². The fourth-order valence-electron chi connectivity index (χ4n) is 1.73. The topological polar surface area (TPSA) is 113 Å². The molecule has 0 aliphatic heterocycles. The molecule has 0 atom stereocenters. The van der Waals surface area contributed by atoms with E-state index in [1.165, 1.54) is 18.5 Å². The van der Waals surface area contributed by atoms with Crippen molar-refractivity contribution in [2.24, 2.45) is 7.05 Å². The largest absolute Gasteiger partial charge is 0.356 e. The highest BCUT2D eigenvalue weighted by atomic mass is 16.2. The van der Waals surface area contributed by atoms with E-state index in [9.17, 15) is 14.4 Å². The van der Waals surface area contributed by atoms with Crippen LogP contribution in [0.3, 0.4) is 0 Å². The van der Waals surface area contributed by atoms with Gasteiger partial charge in [-0.3, -0.25) is 19.1 Å². The van der Waals surface area contributed by atoms with Crippen molar-refractivity contribution >= 4 is 23.1 Å². The van der Waals surface area contributed by atoms with Gasteiger partial charge in [-0.2, -0.15) is 0 Å². The maximum absolute atomic E-state index is 11.6. The Balaban J connectivity index is 2.20. The number of carbonyl (C=O) groups excluding carboxylic acids is 1. The number of imidazole rings is 1. The zero-order valence-electron chi connectivity index (χ0n) is 11.2. The van der Waals surface area contributed by atoms with E-state index < -0.39 is 11.2 Å². The van der Waals surface area contributed by atoms with Crippen LogP contribution >= 0.6 is 0 Å². The van der Waals surface area contributed by atoms with Crippen LogP contribution in [0.2, 0.25) is 0 Å². The quantitative estimate of drug-likeness (QED) is 0.653. The fourth-order valence-corrected chi connectivity index (χ4v) is 1.73. The molecule has 0 saturated heterocycles. The molecule has 0 unspecified atom stereocenters. The Morgan fingerprint density at radius 1 is 1.40 bits per heavy atom. The predicted octanol–water partition coefficient (Wildman–Crippen LogP) is -0.511. The Kier molecular flexibility index (Phi) is 3.83. The minimum absolute atomic E-state index is 0.0799. The van der Waals surface area contributed by atoms with E-state index in [-0.39, 0.29) is 11.4 Å². The molecule has 2 aromatic rings. The number of aryl methyl sites for hydroxylation is 1. The maximum atomic E-state index is 11.6. The molecule has 2 rings (SSSR count). The average Bonchev–Trinajstić information content (AvgIpc) is 2.80. The highest BCUT2D eigenvalue weighted by Crippen LogP contribution is 2.05. The van der Waals surface area contributed by atoms with E-state index in [0.717, 1.165) is 0 Å². The molecule has 20 heavy (non-hydrogen) atoms. The summed E-state index contributed by atoms with van der Waals surface area (Å²) in [5, 5.41) is 2.66. The SMILES string of the molecule is CC(=O)NCCC=Cc1nc2c([nH]1)c(=O)[nH]c(=O)n2C. The number of H-pyrrole nitrogens is 2. The van der Waals surface area contributed by atoms with Gasteiger partial charge in [0.2, 0.25) is 5.91 Å². The van der Waals surface area contributed by atoms with E-state index in [1.54, 1.807) is 6.08 Å². The van der Waals surface area contributed by atoms with Crippen LogP contribution in [0.25, 0.3) is 17.2 Å². The van der Waals surface area contributed by atoms with Gasteiger partial charge in [0, 0.05) is 20.5 Å². The highest BCUT2D eigenvalue weighted by Gasteiger charge is 2.08. The Morgan fingerprint density at radius 2 is 2.15 bits per heavy atom. The molecule has 106 valence electrons. The number of nitrogens with one attached hydrogen (secondary N) is 3. The molecular formula is C12H15N5O3. The lowest BCUT2D eigenvalue weighted by atomic mass is 10.3. The van der Waals surface area contributed by atoms with Crippen LogP contribution in [-0.4, -0.2) is 32.0 Å². The number of amides is 1. The van der Waals surface area contributed by atoms with Gasteiger partial charge < -0.3 is 10.3 Å². The third-order valence-corrected chi connectivity index (χ3v) is 2.73. The van der Waals surface area contributed by atoms with Crippen LogP contribution in [0.4, 0.5) is 0 Å². The average molecular weight is 277 g/mol. The van der Waals surface area contributed by atoms with Crippen LogP contribution < -0.4 is 16.6 Å². The van der Waals surface area contributed by atoms with Gasteiger partial charge in [0.15, 0.2) is 5.65 Å². The summed E-state index contributed by atoms with van der Waals surface area (Å²) in [6, 6.07) is 0. The standard InChI is InChI=1S/C12H15N5O3/c1-7(18)13-6-4-3-5-8-14-9-10(15-8)17(2)12(20)16-11(9)19/h3,5H,4,6H2,1-2H3,(H,13,18)(H,14,15)(H,16,19,20).